The van der Waals surface area contributed by atoms with E-state index in [4.69, 9.17) is 21.1 Å². The average molecular weight is 238 g/mol. The minimum atomic E-state index is -2.66. The first-order valence-corrected chi connectivity index (χ1v) is 4.63. The molecule has 0 aliphatic heterocycles. The Hall–Kier alpha value is -1.10. The van der Waals surface area contributed by atoms with Crippen molar-refractivity contribution in [2.24, 2.45) is 0 Å². The van der Waals surface area contributed by atoms with E-state index in [0.717, 1.165) is 0 Å². The fourth-order valence-corrected chi connectivity index (χ4v) is 1.31. The zero-order valence-electron chi connectivity index (χ0n) is 8.26. The summed E-state index contributed by atoms with van der Waals surface area (Å²) in [6.07, 6.45) is -2.66. The molecule has 1 aromatic rings. The van der Waals surface area contributed by atoms with Crippen LogP contribution >= 0.6 is 11.6 Å². The number of nitrogens with zero attached hydrogens (tertiary/aromatic N) is 1. The molecule has 1 aromatic heterocycles. The van der Waals surface area contributed by atoms with E-state index in [-0.39, 0.29) is 23.1 Å². The van der Waals surface area contributed by atoms with Gasteiger partial charge in [0.25, 0.3) is 6.43 Å². The van der Waals surface area contributed by atoms with E-state index in [2.05, 4.69) is 4.98 Å². The van der Waals surface area contributed by atoms with Crippen molar-refractivity contribution in [1.82, 2.24) is 4.98 Å². The lowest BCUT2D eigenvalue weighted by Crippen LogP contribution is -2.01. The molecule has 0 atom stereocenters. The summed E-state index contributed by atoms with van der Waals surface area (Å²) in [5, 5.41) is 0. The lowest BCUT2D eigenvalue weighted by molar-refractivity contribution is 0.145. The van der Waals surface area contributed by atoms with Gasteiger partial charge in [-0.3, -0.25) is 0 Å². The molecule has 1 rings (SSSR count). The van der Waals surface area contributed by atoms with Gasteiger partial charge in [0.15, 0.2) is 0 Å². The highest BCUT2D eigenvalue weighted by molar-refractivity contribution is 6.17. The van der Waals surface area contributed by atoms with Crippen LogP contribution in [-0.4, -0.2) is 19.2 Å². The Morgan fingerprint density at radius 3 is 2.47 bits per heavy atom. The smallest absolute Gasteiger partial charge is 0.269 e. The largest absolute Gasteiger partial charge is 0.495 e. The Bertz CT molecular complexity index is 347. The molecule has 0 fully saturated rings. The molecule has 0 aliphatic carbocycles. The van der Waals surface area contributed by atoms with Crippen LogP contribution in [0.2, 0.25) is 0 Å². The Labute approximate surface area is 91.0 Å². The fraction of sp³-hybridized carbons (Fsp3) is 0.444. The number of hydrogen-bond acceptors (Lipinski definition) is 3. The van der Waals surface area contributed by atoms with Gasteiger partial charge in [-0.1, -0.05) is 0 Å². The van der Waals surface area contributed by atoms with Crippen LogP contribution < -0.4 is 9.47 Å². The molecule has 0 spiro atoms. The maximum absolute atomic E-state index is 12.6. The summed E-state index contributed by atoms with van der Waals surface area (Å²) in [4.78, 5) is 3.84. The summed E-state index contributed by atoms with van der Waals surface area (Å²) in [5.41, 5.74) is 0.0728. The molecule has 0 radical (unpaired) electrons. The highest BCUT2D eigenvalue weighted by Crippen LogP contribution is 2.32. The first kappa shape index (κ1) is 12.0. The zero-order chi connectivity index (χ0) is 11.4. The number of halogens is 3. The molecule has 15 heavy (non-hydrogen) atoms. The SMILES string of the molecule is COc1cc(C(F)F)c(OC)nc1CCl. The van der Waals surface area contributed by atoms with Gasteiger partial charge in [-0.15, -0.1) is 11.6 Å². The number of rotatable bonds is 4. The lowest BCUT2D eigenvalue weighted by Gasteiger charge is -2.11. The third kappa shape index (κ3) is 2.47. The van der Waals surface area contributed by atoms with E-state index in [1.54, 1.807) is 0 Å². The molecule has 0 aromatic carbocycles. The Morgan fingerprint density at radius 2 is 2.07 bits per heavy atom. The van der Waals surface area contributed by atoms with Gasteiger partial charge in [0, 0.05) is 0 Å². The quantitative estimate of drug-likeness (QED) is 0.755. The summed E-state index contributed by atoms with van der Waals surface area (Å²) >= 11 is 5.59. The molecule has 0 aliphatic rings. The minimum absolute atomic E-state index is 0.0725. The second-order valence-corrected chi connectivity index (χ2v) is 2.94. The van der Waals surface area contributed by atoms with Crippen molar-refractivity contribution < 1.29 is 18.3 Å². The van der Waals surface area contributed by atoms with Gasteiger partial charge in [0.2, 0.25) is 5.88 Å². The van der Waals surface area contributed by atoms with Crippen molar-refractivity contribution in [2.45, 2.75) is 12.3 Å². The van der Waals surface area contributed by atoms with E-state index in [0.29, 0.717) is 5.69 Å². The predicted molar refractivity (Wildman–Crippen MR) is 51.9 cm³/mol. The van der Waals surface area contributed by atoms with Crippen LogP contribution in [-0.2, 0) is 5.88 Å². The van der Waals surface area contributed by atoms with Crippen molar-refractivity contribution in [3.8, 4) is 11.6 Å². The van der Waals surface area contributed by atoms with Crippen molar-refractivity contribution in [1.29, 1.82) is 0 Å². The standard InChI is InChI=1S/C9H10ClF2NO2/c1-14-7-3-5(8(11)12)9(15-2)13-6(7)4-10/h3,8H,4H2,1-2H3. The van der Waals surface area contributed by atoms with Crippen molar-refractivity contribution in [2.75, 3.05) is 14.2 Å². The summed E-state index contributed by atoms with van der Waals surface area (Å²) in [7, 11) is 2.65. The highest BCUT2D eigenvalue weighted by atomic mass is 35.5. The molecule has 0 bridgehead atoms. The minimum Gasteiger partial charge on any atom is -0.495 e. The molecule has 3 nitrogen and oxygen atoms in total. The Kier molecular flexibility index (Phi) is 4.08. The first-order chi connectivity index (χ1) is 7.13. The molecular formula is C9H10ClF2NO2. The Morgan fingerprint density at radius 1 is 1.40 bits per heavy atom. The van der Waals surface area contributed by atoms with Crippen LogP contribution in [0, 0.1) is 0 Å². The maximum Gasteiger partial charge on any atom is 0.269 e. The summed E-state index contributed by atoms with van der Waals surface area (Å²) in [5.74, 6) is 0.186. The third-order valence-corrected chi connectivity index (χ3v) is 2.08. The molecule has 0 N–H and O–H groups in total. The molecule has 0 amide bonds. The molecular weight excluding hydrogens is 228 g/mol. The third-order valence-electron chi connectivity index (χ3n) is 1.83. The van der Waals surface area contributed by atoms with Crippen molar-refractivity contribution in [3.05, 3.63) is 17.3 Å². The topological polar surface area (TPSA) is 31.4 Å². The van der Waals surface area contributed by atoms with Gasteiger partial charge in [0.05, 0.1) is 25.7 Å². The van der Waals surface area contributed by atoms with Gasteiger partial charge < -0.3 is 9.47 Å². The Balaban J connectivity index is 3.27. The zero-order valence-corrected chi connectivity index (χ0v) is 9.02. The van der Waals surface area contributed by atoms with Gasteiger partial charge >= 0.3 is 0 Å². The van der Waals surface area contributed by atoms with Gasteiger partial charge in [-0.05, 0) is 6.07 Å². The van der Waals surface area contributed by atoms with E-state index in [1.165, 1.54) is 20.3 Å². The summed E-state index contributed by atoms with van der Waals surface area (Å²) < 4.78 is 34.8. The number of hydrogen-bond donors (Lipinski definition) is 0. The molecule has 1 heterocycles. The van der Waals surface area contributed by atoms with Crippen LogP contribution in [0.1, 0.15) is 17.7 Å². The molecule has 0 saturated heterocycles. The van der Waals surface area contributed by atoms with Crippen LogP contribution in [0.4, 0.5) is 8.78 Å². The van der Waals surface area contributed by atoms with Crippen LogP contribution in [0.5, 0.6) is 11.6 Å². The monoisotopic (exact) mass is 237 g/mol. The van der Waals surface area contributed by atoms with Crippen molar-refractivity contribution in [3.63, 3.8) is 0 Å². The van der Waals surface area contributed by atoms with Gasteiger partial charge in [-0.2, -0.15) is 0 Å². The summed E-state index contributed by atoms with van der Waals surface area (Å²) in [6.45, 7) is 0. The average Bonchev–Trinajstić information content (AvgIpc) is 2.26. The fourth-order valence-electron chi connectivity index (χ4n) is 1.12. The predicted octanol–water partition coefficient (Wildman–Crippen LogP) is 2.78. The number of ether oxygens (including phenoxy) is 2. The van der Waals surface area contributed by atoms with Gasteiger partial charge in [-0.25, -0.2) is 13.8 Å². The highest BCUT2D eigenvalue weighted by Gasteiger charge is 2.19. The van der Waals surface area contributed by atoms with E-state index in [9.17, 15) is 8.78 Å². The van der Waals surface area contributed by atoms with E-state index < -0.39 is 6.43 Å². The van der Waals surface area contributed by atoms with Crippen LogP contribution in [0.3, 0.4) is 0 Å². The van der Waals surface area contributed by atoms with Crippen LogP contribution in [0.25, 0.3) is 0 Å². The summed E-state index contributed by atoms with van der Waals surface area (Å²) in [6, 6.07) is 1.19. The number of methoxy groups -OCH3 is 2. The van der Waals surface area contributed by atoms with E-state index in [1.807, 2.05) is 0 Å². The molecule has 0 saturated carbocycles. The second kappa shape index (κ2) is 5.11. The van der Waals surface area contributed by atoms with Crippen LogP contribution in [0.15, 0.2) is 6.07 Å². The van der Waals surface area contributed by atoms with Gasteiger partial charge in [0.1, 0.15) is 11.4 Å². The maximum atomic E-state index is 12.6. The lowest BCUT2D eigenvalue weighted by atomic mass is 10.2. The second-order valence-electron chi connectivity index (χ2n) is 2.67. The van der Waals surface area contributed by atoms with Crippen molar-refractivity contribution >= 4 is 11.6 Å². The van der Waals surface area contributed by atoms with E-state index >= 15 is 0 Å². The normalized spacial score (nSPS) is 10.5. The molecule has 84 valence electrons. The molecule has 6 heteroatoms. The number of alkyl halides is 3. The number of pyridine rings is 1. The first-order valence-electron chi connectivity index (χ1n) is 4.10. The molecule has 0 unspecified atom stereocenters. The number of aromatic nitrogens is 1.